The van der Waals surface area contributed by atoms with E-state index < -0.39 is 6.10 Å². The zero-order chi connectivity index (χ0) is 12.1. The van der Waals surface area contributed by atoms with E-state index in [-0.39, 0.29) is 12.4 Å². The topological polar surface area (TPSA) is 85.2 Å². The van der Waals surface area contributed by atoms with Crippen LogP contribution in [0.1, 0.15) is 23.4 Å². The predicted molar refractivity (Wildman–Crippen MR) is 62.2 cm³/mol. The molecule has 0 bridgehead atoms. The van der Waals surface area contributed by atoms with Crippen LogP contribution in [0.3, 0.4) is 0 Å². The standard InChI is InChI=1S/C12H15N3O2/c13-8-10(16)12-14-11(15-17-12)7-6-9-4-2-1-3-5-9/h1-5,10,16H,6-8,13H2. The third-order valence-electron chi connectivity index (χ3n) is 2.47. The van der Waals surface area contributed by atoms with Gasteiger partial charge in [0.05, 0.1) is 0 Å². The zero-order valence-electron chi connectivity index (χ0n) is 9.41. The Morgan fingerprint density at radius 1 is 1.24 bits per heavy atom. The highest BCUT2D eigenvalue weighted by molar-refractivity contribution is 5.15. The number of rotatable bonds is 5. The molecule has 1 heterocycles. The van der Waals surface area contributed by atoms with Gasteiger partial charge in [0, 0.05) is 13.0 Å². The molecule has 1 aromatic heterocycles. The number of aliphatic hydroxyl groups excluding tert-OH is 1. The summed E-state index contributed by atoms with van der Waals surface area (Å²) in [5.41, 5.74) is 6.52. The molecular formula is C12H15N3O2. The quantitative estimate of drug-likeness (QED) is 0.799. The lowest BCUT2D eigenvalue weighted by molar-refractivity contribution is 0.141. The lowest BCUT2D eigenvalue weighted by Gasteiger charge is -1.98. The number of aromatic nitrogens is 2. The number of nitrogens with zero attached hydrogens (tertiary/aromatic N) is 2. The molecule has 1 unspecified atom stereocenters. The maximum atomic E-state index is 9.41. The van der Waals surface area contributed by atoms with Gasteiger partial charge in [-0.05, 0) is 12.0 Å². The van der Waals surface area contributed by atoms with Crippen molar-refractivity contribution in [1.29, 1.82) is 0 Å². The molecule has 3 N–H and O–H groups in total. The van der Waals surface area contributed by atoms with Crippen LogP contribution in [0.4, 0.5) is 0 Å². The summed E-state index contributed by atoms with van der Waals surface area (Å²) < 4.78 is 4.91. The van der Waals surface area contributed by atoms with E-state index in [9.17, 15) is 5.11 Å². The van der Waals surface area contributed by atoms with Crippen LogP contribution >= 0.6 is 0 Å². The van der Waals surface area contributed by atoms with Crippen LogP contribution in [0.25, 0.3) is 0 Å². The molecule has 5 heteroatoms. The highest BCUT2D eigenvalue weighted by Gasteiger charge is 2.13. The number of nitrogens with two attached hydrogens (primary N) is 1. The van der Waals surface area contributed by atoms with Crippen molar-refractivity contribution in [2.45, 2.75) is 18.9 Å². The van der Waals surface area contributed by atoms with Crippen LogP contribution in [0.2, 0.25) is 0 Å². The van der Waals surface area contributed by atoms with Crippen molar-refractivity contribution in [2.75, 3.05) is 6.54 Å². The van der Waals surface area contributed by atoms with E-state index in [1.165, 1.54) is 5.56 Å². The third kappa shape index (κ3) is 3.12. The number of hydrogen-bond acceptors (Lipinski definition) is 5. The van der Waals surface area contributed by atoms with Crippen LogP contribution in [-0.2, 0) is 12.8 Å². The molecule has 0 amide bonds. The van der Waals surface area contributed by atoms with Gasteiger partial charge in [-0.3, -0.25) is 0 Å². The van der Waals surface area contributed by atoms with E-state index in [0.717, 1.165) is 6.42 Å². The fourth-order valence-electron chi connectivity index (χ4n) is 1.51. The molecule has 2 aromatic rings. The average molecular weight is 233 g/mol. The van der Waals surface area contributed by atoms with Crippen molar-refractivity contribution >= 4 is 0 Å². The molecular weight excluding hydrogens is 218 g/mol. The average Bonchev–Trinajstić information content (AvgIpc) is 2.85. The summed E-state index contributed by atoms with van der Waals surface area (Å²) in [6.45, 7) is 0.0836. The van der Waals surface area contributed by atoms with Crippen molar-refractivity contribution in [3.8, 4) is 0 Å². The van der Waals surface area contributed by atoms with Crippen molar-refractivity contribution in [1.82, 2.24) is 10.1 Å². The Morgan fingerprint density at radius 2 is 2.00 bits per heavy atom. The minimum absolute atomic E-state index is 0.0836. The zero-order valence-corrected chi connectivity index (χ0v) is 9.41. The second-order valence-electron chi connectivity index (χ2n) is 3.79. The summed E-state index contributed by atoms with van der Waals surface area (Å²) in [5.74, 6) is 0.784. The number of aryl methyl sites for hydroxylation is 2. The first kappa shape index (κ1) is 11.8. The molecule has 17 heavy (non-hydrogen) atoms. The molecule has 2 rings (SSSR count). The number of hydrogen-bond donors (Lipinski definition) is 2. The number of aliphatic hydroxyl groups is 1. The maximum Gasteiger partial charge on any atom is 0.256 e. The molecule has 0 aliphatic heterocycles. The minimum Gasteiger partial charge on any atom is -0.382 e. The van der Waals surface area contributed by atoms with E-state index in [2.05, 4.69) is 22.3 Å². The Bertz CT molecular complexity index is 456. The monoisotopic (exact) mass is 233 g/mol. The van der Waals surface area contributed by atoms with Gasteiger partial charge in [0.1, 0.15) is 6.10 Å². The highest BCUT2D eigenvalue weighted by atomic mass is 16.5. The van der Waals surface area contributed by atoms with Crippen LogP contribution in [0.15, 0.2) is 34.9 Å². The van der Waals surface area contributed by atoms with E-state index >= 15 is 0 Å². The molecule has 0 radical (unpaired) electrons. The van der Waals surface area contributed by atoms with Crippen molar-refractivity contribution in [3.63, 3.8) is 0 Å². The molecule has 5 nitrogen and oxygen atoms in total. The summed E-state index contributed by atoms with van der Waals surface area (Å²) in [7, 11) is 0. The Kier molecular flexibility index (Phi) is 3.85. The molecule has 1 atom stereocenters. The number of benzene rings is 1. The lowest BCUT2D eigenvalue weighted by atomic mass is 10.1. The fraction of sp³-hybridized carbons (Fsp3) is 0.333. The Morgan fingerprint density at radius 3 is 2.71 bits per heavy atom. The Balaban J connectivity index is 1.94. The van der Waals surface area contributed by atoms with Gasteiger partial charge in [0.15, 0.2) is 5.82 Å². The van der Waals surface area contributed by atoms with Crippen molar-refractivity contribution in [3.05, 3.63) is 47.6 Å². The Hall–Kier alpha value is -1.72. The van der Waals surface area contributed by atoms with E-state index in [4.69, 9.17) is 10.3 Å². The predicted octanol–water partition coefficient (Wildman–Crippen LogP) is 0.847. The van der Waals surface area contributed by atoms with Gasteiger partial charge in [-0.15, -0.1) is 0 Å². The summed E-state index contributed by atoms with van der Waals surface area (Å²) in [6, 6.07) is 10.1. The molecule has 0 spiro atoms. The first-order valence-corrected chi connectivity index (χ1v) is 5.54. The molecule has 0 saturated heterocycles. The van der Waals surface area contributed by atoms with Crippen LogP contribution in [0.5, 0.6) is 0 Å². The van der Waals surface area contributed by atoms with E-state index in [1.807, 2.05) is 18.2 Å². The molecule has 0 fully saturated rings. The van der Waals surface area contributed by atoms with Gasteiger partial charge in [0.25, 0.3) is 5.89 Å². The van der Waals surface area contributed by atoms with E-state index in [1.54, 1.807) is 0 Å². The van der Waals surface area contributed by atoms with Crippen LogP contribution in [0, 0.1) is 0 Å². The molecule has 90 valence electrons. The Labute approximate surface area is 99.3 Å². The lowest BCUT2D eigenvalue weighted by Crippen LogP contribution is -2.11. The van der Waals surface area contributed by atoms with Gasteiger partial charge in [0.2, 0.25) is 0 Å². The minimum atomic E-state index is -0.868. The normalized spacial score (nSPS) is 12.6. The largest absolute Gasteiger partial charge is 0.382 e. The maximum absolute atomic E-state index is 9.41. The first-order chi connectivity index (χ1) is 8.29. The van der Waals surface area contributed by atoms with Gasteiger partial charge >= 0.3 is 0 Å². The highest BCUT2D eigenvalue weighted by Crippen LogP contribution is 2.10. The second kappa shape index (κ2) is 5.56. The summed E-state index contributed by atoms with van der Waals surface area (Å²) >= 11 is 0. The summed E-state index contributed by atoms with van der Waals surface area (Å²) in [6.07, 6.45) is 0.663. The fourth-order valence-corrected chi connectivity index (χ4v) is 1.51. The van der Waals surface area contributed by atoms with E-state index in [0.29, 0.717) is 12.2 Å². The molecule has 0 aliphatic rings. The van der Waals surface area contributed by atoms with Crippen molar-refractivity contribution < 1.29 is 9.63 Å². The van der Waals surface area contributed by atoms with Gasteiger partial charge in [-0.2, -0.15) is 4.98 Å². The molecule has 0 aliphatic carbocycles. The first-order valence-electron chi connectivity index (χ1n) is 5.54. The van der Waals surface area contributed by atoms with Crippen LogP contribution in [-0.4, -0.2) is 21.8 Å². The van der Waals surface area contributed by atoms with Crippen LogP contribution < -0.4 is 5.73 Å². The summed E-state index contributed by atoms with van der Waals surface area (Å²) in [4.78, 5) is 4.09. The third-order valence-corrected chi connectivity index (χ3v) is 2.47. The second-order valence-corrected chi connectivity index (χ2v) is 3.79. The molecule has 1 aromatic carbocycles. The SMILES string of the molecule is NCC(O)c1nc(CCc2ccccc2)no1. The van der Waals surface area contributed by atoms with Crippen molar-refractivity contribution in [2.24, 2.45) is 5.73 Å². The van der Waals surface area contributed by atoms with Gasteiger partial charge < -0.3 is 15.4 Å². The van der Waals surface area contributed by atoms with Gasteiger partial charge in [-0.1, -0.05) is 35.5 Å². The smallest absolute Gasteiger partial charge is 0.256 e. The summed E-state index contributed by atoms with van der Waals surface area (Å²) in [5, 5.41) is 13.2. The molecule has 0 saturated carbocycles. The van der Waals surface area contributed by atoms with Gasteiger partial charge in [-0.25, -0.2) is 0 Å².